The molecule has 0 heterocycles. The van der Waals surface area contributed by atoms with E-state index in [4.69, 9.17) is 10.5 Å². The van der Waals surface area contributed by atoms with E-state index in [0.717, 1.165) is 23.9 Å². The van der Waals surface area contributed by atoms with Crippen LogP contribution in [0, 0.1) is 17.3 Å². The van der Waals surface area contributed by atoms with Gasteiger partial charge in [0.2, 0.25) is 0 Å². The number of carbonyl (C=O) groups excluding carboxylic acids is 1. The first-order valence-electron chi connectivity index (χ1n) is 8.45. The van der Waals surface area contributed by atoms with E-state index in [1.807, 2.05) is 12.1 Å². The van der Waals surface area contributed by atoms with Crippen molar-refractivity contribution in [1.29, 1.82) is 0 Å². The summed E-state index contributed by atoms with van der Waals surface area (Å²) in [6.45, 7) is 0. The molecule has 0 aromatic heterocycles. The number of benzene rings is 1. The molecule has 4 aliphatic rings. The number of anilines is 1. The molecule has 1 aromatic carbocycles. The predicted octanol–water partition coefficient (Wildman–Crippen LogP) is 3.67. The lowest BCUT2D eigenvalue weighted by molar-refractivity contribution is -0.150. The molecule has 118 valence electrons. The van der Waals surface area contributed by atoms with Crippen molar-refractivity contribution in [3.8, 4) is 0 Å². The van der Waals surface area contributed by atoms with Crippen LogP contribution in [0.3, 0.4) is 0 Å². The standard InChI is InChI=1S/C19H25NO2/c1-22-17(21)11-18-7-13-6-14(8-18)10-19(9-13,12-18)15-2-4-16(20)5-3-15/h2-5,13-14H,6-12,20H2,1H3. The summed E-state index contributed by atoms with van der Waals surface area (Å²) in [6, 6.07) is 8.49. The molecule has 0 saturated heterocycles. The number of nitrogens with two attached hydrogens (primary N) is 1. The van der Waals surface area contributed by atoms with Crippen LogP contribution in [0.2, 0.25) is 0 Å². The van der Waals surface area contributed by atoms with Crippen LogP contribution in [0.15, 0.2) is 24.3 Å². The van der Waals surface area contributed by atoms with E-state index >= 15 is 0 Å². The Morgan fingerprint density at radius 3 is 2.41 bits per heavy atom. The summed E-state index contributed by atoms with van der Waals surface area (Å²) in [5.41, 5.74) is 8.58. The topological polar surface area (TPSA) is 52.3 Å². The number of rotatable bonds is 3. The van der Waals surface area contributed by atoms with Gasteiger partial charge in [-0.05, 0) is 78.9 Å². The molecular weight excluding hydrogens is 274 g/mol. The first kappa shape index (κ1) is 14.1. The highest BCUT2D eigenvalue weighted by atomic mass is 16.5. The summed E-state index contributed by atoms with van der Waals surface area (Å²) in [5.74, 6) is 1.53. The van der Waals surface area contributed by atoms with Crippen LogP contribution in [-0.4, -0.2) is 13.1 Å². The molecule has 1 aromatic rings. The zero-order valence-electron chi connectivity index (χ0n) is 13.3. The van der Waals surface area contributed by atoms with Crippen molar-refractivity contribution in [3.05, 3.63) is 29.8 Å². The van der Waals surface area contributed by atoms with Gasteiger partial charge >= 0.3 is 5.97 Å². The second-order valence-electron chi connectivity index (χ2n) is 8.12. The largest absolute Gasteiger partial charge is 0.469 e. The smallest absolute Gasteiger partial charge is 0.306 e. The highest BCUT2D eigenvalue weighted by molar-refractivity contribution is 5.70. The fourth-order valence-electron chi connectivity index (χ4n) is 6.21. The minimum Gasteiger partial charge on any atom is -0.469 e. The van der Waals surface area contributed by atoms with E-state index in [0.29, 0.717) is 6.42 Å². The van der Waals surface area contributed by atoms with Crippen LogP contribution in [0.5, 0.6) is 0 Å². The van der Waals surface area contributed by atoms with Gasteiger partial charge < -0.3 is 10.5 Å². The first-order chi connectivity index (χ1) is 10.5. The van der Waals surface area contributed by atoms with Gasteiger partial charge in [0.05, 0.1) is 13.5 Å². The van der Waals surface area contributed by atoms with Gasteiger partial charge in [-0.2, -0.15) is 0 Å². The summed E-state index contributed by atoms with van der Waals surface area (Å²) in [6.07, 6.45) is 8.12. The number of esters is 1. The molecule has 3 heteroatoms. The summed E-state index contributed by atoms with van der Waals surface area (Å²) in [7, 11) is 1.51. The molecule has 0 spiro atoms. The molecule has 0 aliphatic heterocycles. The molecule has 4 aliphatic carbocycles. The number of carbonyl (C=O) groups is 1. The van der Waals surface area contributed by atoms with Crippen molar-refractivity contribution in [2.45, 2.75) is 50.4 Å². The number of hydrogen-bond acceptors (Lipinski definition) is 3. The van der Waals surface area contributed by atoms with Crippen molar-refractivity contribution in [2.75, 3.05) is 12.8 Å². The van der Waals surface area contributed by atoms with Gasteiger partial charge in [0.1, 0.15) is 0 Å². The van der Waals surface area contributed by atoms with Gasteiger partial charge in [0.15, 0.2) is 0 Å². The second kappa shape index (κ2) is 4.74. The SMILES string of the molecule is COC(=O)CC12CC3CC(C1)CC(c1ccc(N)cc1)(C3)C2. The maximum absolute atomic E-state index is 11.9. The Labute approximate surface area is 132 Å². The fourth-order valence-corrected chi connectivity index (χ4v) is 6.21. The van der Waals surface area contributed by atoms with E-state index < -0.39 is 0 Å². The molecule has 0 amide bonds. The van der Waals surface area contributed by atoms with E-state index in [2.05, 4.69) is 12.1 Å². The Morgan fingerprint density at radius 2 is 1.82 bits per heavy atom. The predicted molar refractivity (Wildman–Crippen MR) is 86.3 cm³/mol. The van der Waals surface area contributed by atoms with Crippen LogP contribution in [0.4, 0.5) is 5.69 Å². The molecular formula is C19H25NO2. The summed E-state index contributed by atoms with van der Waals surface area (Å²) in [4.78, 5) is 11.9. The minimum atomic E-state index is -0.0330. The monoisotopic (exact) mass is 299 g/mol. The fraction of sp³-hybridized carbons (Fsp3) is 0.632. The highest BCUT2D eigenvalue weighted by Crippen LogP contribution is 2.66. The number of methoxy groups -OCH3 is 1. The number of ether oxygens (including phenoxy) is 1. The Balaban J connectivity index is 1.69. The zero-order valence-corrected chi connectivity index (χ0v) is 13.3. The Kier molecular flexibility index (Phi) is 3.04. The molecule has 3 nitrogen and oxygen atoms in total. The maximum Gasteiger partial charge on any atom is 0.306 e. The second-order valence-corrected chi connectivity index (χ2v) is 8.12. The van der Waals surface area contributed by atoms with Crippen LogP contribution < -0.4 is 5.73 Å². The summed E-state index contributed by atoms with van der Waals surface area (Å²) in [5, 5.41) is 0. The average molecular weight is 299 g/mol. The molecule has 0 radical (unpaired) electrons. The van der Waals surface area contributed by atoms with Crippen LogP contribution in [0.1, 0.15) is 50.5 Å². The normalized spacial score (nSPS) is 39.0. The van der Waals surface area contributed by atoms with Crippen molar-refractivity contribution < 1.29 is 9.53 Å². The Hall–Kier alpha value is -1.51. The average Bonchev–Trinajstić information content (AvgIpc) is 2.45. The lowest BCUT2D eigenvalue weighted by Crippen LogP contribution is -2.54. The van der Waals surface area contributed by atoms with Gasteiger partial charge in [-0.3, -0.25) is 4.79 Å². The van der Waals surface area contributed by atoms with Gasteiger partial charge in [-0.25, -0.2) is 0 Å². The van der Waals surface area contributed by atoms with Crippen LogP contribution in [0.25, 0.3) is 0 Å². The van der Waals surface area contributed by atoms with Gasteiger partial charge in [0.25, 0.3) is 0 Å². The third-order valence-corrected chi connectivity index (χ3v) is 6.45. The highest BCUT2D eigenvalue weighted by Gasteiger charge is 2.58. The van der Waals surface area contributed by atoms with Crippen molar-refractivity contribution >= 4 is 11.7 Å². The molecule has 2 N–H and O–H groups in total. The van der Waals surface area contributed by atoms with E-state index in [-0.39, 0.29) is 16.8 Å². The molecule has 4 fully saturated rings. The first-order valence-corrected chi connectivity index (χ1v) is 8.45. The molecule has 4 bridgehead atoms. The van der Waals surface area contributed by atoms with E-state index in [9.17, 15) is 4.79 Å². The third-order valence-electron chi connectivity index (χ3n) is 6.45. The van der Waals surface area contributed by atoms with Crippen molar-refractivity contribution in [2.24, 2.45) is 17.3 Å². The molecule has 5 rings (SSSR count). The minimum absolute atomic E-state index is 0.0330. The van der Waals surface area contributed by atoms with Gasteiger partial charge in [-0.1, -0.05) is 12.1 Å². The maximum atomic E-state index is 11.9. The van der Waals surface area contributed by atoms with Crippen LogP contribution >= 0.6 is 0 Å². The van der Waals surface area contributed by atoms with Crippen LogP contribution in [-0.2, 0) is 14.9 Å². The van der Waals surface area contributed by atoms with E-state index in [1.54, 1.807) is 0 Å². The third kappa shape index (κ3) is 2.13. The molecule has 4 saturated carbocycles. The Morgan fingerprint density at radius 1 is 1.18 bits per heavy atom. The van der Waals surface area contributed by atoms with Gasteiger partial charge in [0, 0.05) is 5.69 Å². The van der Waals surface area contributed by atoms with Gasteiger partial charge in [-0.15, -0.1) is 0 Å². The summed E-state index contributed by atoms with van der Waals surface area (Å²) < 4.78 is 4.99. The number of hydrogen-bond donors (Lipinski definition) is 1. The quantitative estimate of drug-likeness (QED) is 0.684. The van der Waals surface area contributed by atoms with E-state index in [1.165, 1.54) is 44.8 Å². The zero-order chi connectivity index (χ0) is 15.4. The molecule has 2 atom stereocenters. The molecule has 22 heavy (non-hydrogen) atoms. The molecule has 2 unspecified atom stereocenters. The Bertz CT molecular complexity index is 578. The lowest BCUT2D eigenvalue weighted by Gasteiger charge is -2.62. The van der Waals surface area contributed by atoms with Crippen molar-refractivity contribution in [1.82, 2.24) is 0 Å². The lowest BCUT2D eigenvalue weighted by atomic mass is 9.42. The number of nitrogen functional groups attached to an aromatic ring is 1. The summed E-state index contributed by atoms with van der Waals surface area (Å²) >= 11 is 0. The van der Waals surface area contributed by atoms with Crippen molar-refractivity contribution in [3.63, 3.8) is 0 Å².